The average Bonchev–Trinajstić information content (AvgIpc) is 2.42. The lowest BCUT2D eigenvalue weighted by atomic mass is 10.3. The third kappa shape index (κ3) is 2.68. The molecule has 0 saturated carbocycles. The molecule has 0 spiro atoms. The molecule has 0 atom stereocenters. The number of amides is 1. The van der Waals surface area contributed by atoms with Crippen molar-refractivity contribution in [2.75, 3.05) is 19.3 Å². The molecule has 0 fully saturated rings. The molecule has 1 aromatic rings. The molecule has 1 heterocycles. The minimum Gasteiger partial charge on any atom is -0.397 e. The Balaban J connectivity index is 2.80. The van der Waals surface area contributed by atoms with Gasteiger partial charge in [0.2, 0.25) is 0 Å². The largest absolute Gasteiger partial charge is 0.397 e. The fraction of sp³-hybridized carbons (Fsp3) is 0.444. The molecular formula is C9H13F2N3O. The van der Waals surface area contributed by atoms with Crippen LogP contribution in [0.2, 0.25) is 0 Å². The third-order valence-corrected chi connectivity index (χ3v) is 2.00. The summed E-state index contributed by atoms with van der Waals surface area (Å²) in [6, 6.07) is 1.46. The fourth-order valence-electron chi connectivity index (χ4n) is 1.29. The summed E-state index contributed by atoms with van der Waals surface area (Å²) in [6.07, 6.45) is -0.972. The minimum atomic E-state index is -2.53. The van der Waals surface area contributed by atoms with Crippen molar-refractivity contribution >= 4 is 11.6 Å². The number of aromatic nitrogens is 1. The Hall–Kier alpha value is -1.59. The van der Waals surface area contributed by atoms with Crippen molar-refractivity contribution in [1.29, 1.82) is 0 Å². The normalized spacial score (nSPS) is 10.7. The molecule has 2 N–H and O–H groups in total. The van der Waals surface area contributed by atoms with E-state index < -0.39 is 18.9 Å². The highest BCUT2D eigenvalue weighted by atomic mass is 19.3. The molecule has 15 heavy (non-hydrogen) atoms. The smallest absolute Gasteiger partial charge is 0.270 e. The molecule has 0 aliphatic carbocycles. The number of hydrogen-bond acceptors (Lipinski definition) is 2. The number of aryl methyl sites for hydroxylation is 1. The highest BCUT2D eigenvalue weighted by molar-refractivity contribution is 5.93. The monoisotopic (exact) mass is 217 g/mol. The molecule has 6 heteroatoms. The molecule has 0 unspecified atom stereocenters. The topological polar surface area (TPSA) is 51.3 Å². The summed E-state index contributed by atoms with van der Waals surface area (Å²) in [5.74, 6) is -0.463. The van der Waals surface area contributed by atoms with Crippen LogP contribution in [0.1, 0.15) is 10.5 Å². The Bertz CT molecular complexity index is 362. The van der Waals surface area contributed by atoms with E-state index in [-0.39, 0.29) is 0 Å². The van der Waals surface area contributed by atoms with Crippen molar-refractivity contribution in [3.63, 3.8) is 0 Å². The van der Waals surface area contributed by atoms with Crippen LogP contribution >= 0.6 is 0 Å². The first-order valence-corrected chi connectivity index (χ1v) is 4.37. The van der Waals surface area contributed by atoms with Gasteiger partial charge in [-0.3, -0.25) is 4.79 Å². The second-order valence-corrected chi connectivity index (χ2v) is 3.35. The van der Waals surface area contributed by atoms with Crippen LogP contribution in [0.15, 0.2) is 12.3 Å². The number of anilines is 1. The van der Waals surface area contributed by atoms with E-state index in [1.807, 2.05) is 0 Å². The summed E-state index contributed by atoms with van der Waals surface area (Å²) >= 11 is 0. The zero-order valence-electron chi connectivity index (χ0n) is 8.58. The van der Waals surface area contributed by atoms with Gasteiger partial charge in [-0.25, -0.2) is 8.78 Å². The number of rotatable bonds is 3. The van der Waals surface area contributed by atoms with E-state index in [2.05, 4.69) is 0 Å². The molecule has 0 saturated heterocycles. The fourth-order valence-corrected chi connectivity index (χ4v) is 1.29. The Kier molecular flexibility index (Phi) is 3.28. The van der Waals surface area contributed by atoms with Crippen molar-refractivity contribution in [2.24, 2.45) is 7.05 Å². The van der Waals surface area contributed by atoms with Crippen LogP contribution < -0.4 is 5.73 Å². The Morgan fingerprint density at radius 1 is 1.67 bits per heavy atom. The zero-order valence-corrected chi connectivity index (χ0v) is 8.58. The van der Waals surface area contributed by atoms with Gasteiger partial charge in [-0.15, -0.1) is 0 Å². The molecule has 1 amide bonds. The van der Waals surface area contributed by atoms with E-state index in [0.717, 1.165) is 4.90 Å². The number of hydrogen-bond donors (Lipinski definition) is 1. The molecular weight excluding hydrogens is 204 g/mol. The van der Waals surface area contributed by atoms with E-state index in [0.29, 0.717) is 11.4 Å². The first kappa shape index (κ1) is 11.5. The van der Waals surface area contributed by atoms with Crippen LogP contribution in [0.5, 0.6) is 0 Å². The predicted molar refractivity (Wildman–Crippen MR) is 52.8 cm³/mol. The van der Waals surface area contributed by atoms with Gasteiger partial charge in [-0.1, -0.05) is 0 Å². The minimum absolute atomic E-state index is 0.302. The number of halogens is 2. The molecule has 1 rings (SSSR count). The molecule has 0 aliphatic heterocycles. The summed E-state index contributed by atoms with van der Waals surface area (Å²) in [5, 5.41) is 0. The van der Waals surface area contributed by atoms with Gasteiger partial charge in [-0.2, -0.15) is 0 Å². The maximum absolute atomic E-state index is 12.0. The van der Waals surface area contributed by atoms with Gasteiger partial charge in [0.1, 0.15) is 5.69 Å². The van der Waals surface area contributed by atoms with Crippen LogP contribution in [-0.2, 0) is 7.05 Å². The van der Waals surface area contributed by atoms with Crippen molar-refractivity contribution in [1.82, 2.24) is 9.47 Å². The van der Waals surface area contributed by atoms with E-state index in [1.54, 1.807) is 13.2 Å². The predicted octanol–water partition coefficient (Wildman–Crippen LogP) is 0.944. The van der Waals surface area contributed by atoms with Gasteiger partial charge in [0.15, 0.2) is 0 Å². The van der Waals surface area contributed by atoms with Gasteiger partial charge in [0, 0.05) is 20.3 Å². The van der Waals surface area contributed by atoms with Crippen LogP contribution in [0.3, 0.4) is 0 Å². The van der Waals surface area contributed by atoms with E-state index in [4.69, 9.17) is 5.73 Å². The molecule has 1 aromatic heterocycles. The van der Waals surface area contributed by atoms with Crippen LogP contribution in [0.4, 0.5) is 14.5 Å². The summed E-state index contributed by atoms with van der Waals surface area (Å²) in [4.78, 5) is 12.6. The highest BCUT2D eigenvalue weighted by Crippen LogP contribution is 2.11. The number of nitrogens with two attached hydrogens (primary N) is 1. The maximum Gasteiger partial charge on any atom is 0.270 e. The average molecular weight is 217 g/mol. The van der Waals surface area contributed by atoms with Crippen LogP contribution in [-0.4, -0.2) is 35.4 Å². The van der Waals surface area contributed by atoms with E-state index >= 15 is 0 Å². The molecule has 0 radical (unpaired) electrons. The number of carbonyl (C=O) groups is 1. The standard InChI is InChI=1S/C9H13F2N3O/c1-13-4-6(12)3-7(13)9(15)14(2)5-8(10)11/h3-4,8H,5,12H2,1-2H3. The number of alkyl halides is 2. The van der Waals surface area contributed by atoms with Gasteiger partial charge >= 0.3 is 0 Å². The third-order valence-electron chi connectivity index (χ3n) is 2.00. The maximum atomic E-state index is 12.0. The summed E-state index contributed by atoms with van der Waals surface area (Å²) in [7, 11) is 2.97. The van der Waals surface area contributed by atoms with Crippen molar-refractivity contribution < 1.29 is 13.6 Å². The van der Waals surface area contributed by atoms with Gasteiger partial charge < -0.3 is 15.2 Å². The van der Waals surface area contributed by atoms with E-state index in [1.165, 1.54) is 17.7 Å². The van der Waals surface area contributed by atoms with Crippen LogP contribution in [0, 0.1) is 0 Å². The van der Waals surface area contributed by atoms with Crippen LogP contribution in [0.25, 0.3) is 0 Å². The summed E-state index contributed by atoms with van der Waals surface area (Å²) in [5.41, 5.74) is 6.22. The van der Waals surface area contributed by atoms with Crippen molar-refractivity contribution in [2.45, 2.75) is 6.43 Å². The second kappa shape index (κ2) is 4.29. The summed E-state index contributed by atoms with van der Waals surface area (Å²) in [6.45, 7) is -0.579. The molecule has 0 bridgehead atoms. The van der Waals surface area contributed by atoms with Crippen molar-refractivity contribution in [3.05, 3.63) is 18.0 Å². The first-order valence-electron chi connectivity index (χ1n) is 4.37. The van der Waals surface area contributed by atoms with Crippen molar-refractivity contribution in [3.8, 4) is 0 Å². The lowest BCUT2D eigenvalue weighted by Gasteiger charge is -2.16. The molecule has 84 valence electrons. The molecule has 0 aliphatic rings. The number of nitrogens with zero attached hydrogens (tertiary/aromatic N) is 2. The molecule has 0 aromatic carbocycles. The Labute approximate surface area is 86.3 Å². The van der Waals surface area contributed by atoms with Gasteiger partial charge in [0.25, 0.3) is 12.3 Å². The zero-order chi connectivity index (χ0) is 11.6. The van der Waals surface area contributed by atoms with Gasteiger partial charge in [-0.05, 0) is 6.07 Å². The molecule has 4 nitrogen and oxygen atoms in total. The lowest BCUT2D eigenvalue weighted by Crippen LogP contribution is -2.32. The number of nitrogen functional groups attached to an aromatic ring is 1. The summed E-state index contributed by atoms with van der Waals surface area (Å²) < 4.78 is 25.6. The van der Waals surface area contributed by atoms with E-state index in [9.17, 15) is 13.6 Å². The lowest BCUT2D eigenvalue weighted by molar-refractivity contribution is 0.0612. The van der Waals surface area contributed by atoms with Gasteiger partial charge in [0.05, 0.1) is 12.2 Å². The first-order chi connectivity index (χ1) is 6.91. The Morgan fingerprint density at radius 2 is 2.27 bits per heavy atom. The highest BCUT2D eigenvalue weighted by Gasteiger charge is 2.18. The quantitative estimate of drug-likeness (QED) is 0.819. The SMILES string of the molecule is CN(CC(F)F)C(=O)c1cc(N)cn1C. The second-order valence-electron chi connectivity index (χ2n) is 3.35. The Morgan fingerprint density at radius 3 is 2.67 bits per heavy atom. The number of carbonyl (C=O) groups excluding carboxylic acids is 1.